The van der Waals surface area contributed by atoms with Gasteiger partial charge < -0.3 is 9.84 Å². The van der Waals surface area contributed by atoms with Crippen molar-refractivity contribution < 1.29 is 24.5 Å². The lowest BCUT2D eigenvalue weighted by Gasteiger charge is -2.01. The molecule has 12 nitrogen and oxygen atoms in total. The molecule has 1 aromatic carbocycles. The van der Waals surface area contributed by atoms with E-state index in [9.17, 15) is 30.1 Å². The molecule has 0 aliphatic heterocycles. The number of hydrazone groups is 1. The number of anilines is 1. The molecule has 0 bridgehead atoms. The predicted molar refractivity (Wildman–Crippen MR) is 95.1 cm³/mol. The Bertz CT molecular complexity index is 911. The molecule has 0 fully saturated rings. The molecule has 27 heavy (non-hydrogen) atoms. The summed E-state index contributed by atoms with van der Waals surface area (Å²) < 4.78 is 4.81. The van der Waals surface area contributed by atoms with Gasteiger partial charge in [0.15, 0.2) is 0 Å². The quantitative estimate of drug-likeness (QED) is 0.294. The number of thiazole rings is 1. The van der Waals surface area contributed by atoms with E-state index in [2.05, 4.69) is 15.5 Å². The molecule has 142 valence electrons. The maximum absolute atomic E-state index is 11.4. The number of nitro benzene ring substituents is 2. The summed E-state index contributed by atoms with van der Waals surface area (Å²) in [6.45, 7) is 1.95. The normalized spacial score (nSPS) is 10.7. The maximum Gasteiger partial charge on any atom is 0.318 e. The van der Waals surface area contributed by atoms with Crippen LogP contribution in [0.25, 0.3) is 0 Å². The highest BCUT2D eigenvalue weighted by atomic mass is 32.1. The first-order valence-electron chi connectivity index (χ1n) is 7.36. The van der Waals surface area contributed by atoms with Crippen LogP contribution in [0.2, 0.25) is 0 Å². The molecule has 1 heterocycles. The average Bonchev–Trinajstić information content (AvgIpc) is 3.03. The lowest BCUT2D eigenvalue weighted by molar-refractivity contribution is -0.394. The number of non-ortho nitro benzene ring substituents is 1. The molecule has 2 rings (SSSR count). The largest absolute Gasteiger partial charge is 0.502 e. The van der Waals surface area contributed by atoms with Crippen molar-refractivity contribution in [1.29, 1.82) is 0 Å². The molecule has 0 radical (unpaired) electrons. The number of ether oxygens (including phenoxy) is 1. The van der Waals surface area contributed by atoms with Gasteiger partial charge in [0.25, 0.3) is 5.69 Å². The van der Waals surface area contributed by atoms with Crippen LogP contribution in [0.15, 0.2) is 22.6 Å². The Labute approximate surface area is 155 Å². The van der Waals surface area contributed by atoms with E-state index in [0.717, 1.165) is 23.6 Å². The molecule has 2 aromatic rings. The van der Waals surface area contributed by atoms with Crippen LogP contribution in [0.1, 0.15) is 18.2 Å². The third-order valence-corrected chi connectivity index (χ3v) is 3.85. The molecule has 13 heteroatoms. The summed E-state index contributed by atoms with van der Waals surface area (Å²) in [6, 6.07) is 1.60. The number of nitrogens with zero attached hydrogens (tertiary/aromatic N) is 4. The number of nitro groups is 2. The van der Waals surface area contributed by atoms with E-state index >= 15 is 0 Å². The zero-order valence-electron chi connectivity index (χ0n) is 13.8. The highest BCUT2D eigenvalue weighted by Gasteiger charge is 2.23. The second-order valence-corrected chi connectivity index (χ2v) is 5.77. The smallest absolute Gasteiger partial charge is 0.318 e. The zero-order valence-corrected chi connectivity index (χ0v) is 14.6. The number of phenolic OH excluding ortho intramolecular Hbond substituents is 1. The molecule has 0 unspecified atom stereocenters. The minimum absolute atomic E-state index is 0.00635. The van der Waals surface area contributed by atoms with Crippen LogP contribution in [0.3, 0.4) is 0 Å². The van der Waals surface area contributed by atoms with Gasteiger partial charge in [-0.25, -0.2) is 4.98 Å². The monoisotopic (exact) mass is 395 g/mol. The van der Waals surface area contributed by atoms with Gasteiger partial charge in [-0.2, -0.15) is 5.10 Å². The number of hydrogen-bond donors (Lipinski definition) is 2. The van der Waals surface area contributed by atoms with Crippen LogP contribution < -0.4 is 5.43 Å². The fourth-order valence-electron chi connectivity index (χ4n) is 1.93. The minimum Gasteiger partial charge on any atom is -0.502 e. The zero-order chi connectivity index (χ0) is 20.0. The average molecular weight is 395 g/mol. The molecular weight excluding hydrogens is 382 g/mol. The first-order chi connectivity index (χ1) is 12.8. The van der Waals surface area contributed by atoms with Crippen LogP contribution >= 0.6 is 11.3 Å². The van der Waals surface area contributed by atoms with Crippen molar-refractivity contribution in [2.24, 2.45) is 5.10 Å². The van der Waals surface area contributed by atoms with Crippen molar-refractivity contribution in [2.75, 3.05) is 12.0 Å². The van der Waals surface area contributed by atoms with Gasteiger partial charge in [-0.1, -0.05) is 0 Å². The van der Waals surface area contributed by atoms with Gasteiger partial charge in [-0.3, -0.25) is 30.4 Å². The molecular formula is C14H13N5O7S. The van der Waals surface area contributed by atoms with Gasteiger partial charge in [0, 0.05) is 11.4 Å². The maximum atomic E-state index is 11.4. The molecule has 2 N–H and O–H groups in total. The predicted octanol–water partition coefficient (Wildman–Crippen LogP) is 2.22. The number of aromatic hydroxyl groups is 1. The van der Waals surface area contributed by atoms with E-state index in [0.29, 0.717) is 16.9 Å². The lowest BCUT2D eigenvalue weighted by Crippen LogP contribution is -2.07. The number of rotatable bonds is 8. The van der Waals surface area contributed by atoms with Crippen molar-refractivity contribution in [3.63, 3.8) is 0 Å². The summed E-state index contributed by atoms with van der Waals surface area (Å²) in [6.07, 6.45) is 0.981. The molecule has 0 saturated carbocycles. The van der Waals surface area contributed by atoms with Crippen LogP contribution in [-0.2, 0) is 16.0 Å². The Morgan fingerprint density at radius 2 is 2.15 bits per heavy atom. The number of benzene rings is 1. The topological polar surface area (TPSA) is 170 Å². The number of esters is 1. The van der Waals surface area contributed by atoms with Crippen molar-refractivity contribution >= 4 is 40.0 Å². The fourth-order valence-corrected chi connectivity index (χ4v) is 2.58. The van der Waals surface area contributed by atoms with Crippen LogP contribution in [0.4, 0.5) is 16.5 Å². The number of phenols is 1. The van der Waals surface area contributed by atoms with Crippen LogP contribution in [0, 0.1) is 20.2 Å². The van der Waals surface area contributed by atoms with Gasteiger partial charge in [0.05, 0.1) is 46.4 Å². The van der Waals surface area contributed by atoms with Crippen molar-refractivity contribution in [1.82, 2.24) is 4.98 Å². The number of aromatic nitrogens is 1. The summed E-state index contributed by atoms with van der Waals surface area (Å²) in [5.74, 6) is -1.18. The van der Waals surface area contributed by atoms with Gasteiger partial charge in [0.1, 0.15) is 0 Å². The standard InChI is InChI=1S/C14H13N5O7S/c1-2-26-12(20)4-9-7-27-14(16-9)17-15-6-8-3-10(18(22)23)5-11(13(8)21)19(24)25/h3,5-7,21H,2,4H2,1H3,(H,16,17). The summed E-state index contributed by atoms with van der Waals surface area (Å²) >= 11 is 1.14. The minimum atomic E-state index is -0.935. The van der Waals surface area contributed by atoms with E-state index in [1.165, 1.54) is 0 Å². The molecule has 0 atom stereocenters. The third kappa shape index (κ3) is 5.18. The van der Waals surface area contributed by atoms with Gasteiger partial charge in [-0.05, 0) is 6.92 Å². The van der Waals surface area contributed by atoms with E-state index in [-0.39, 0.29) is 18.6 Å². The van der Waals surface area contributed by atoms with E-state index in [1.54, 1.807) is 12.3 Å². The lowest BCUT2D eigenvalue weighted by atomic mass is 10.1. The molecule has 0 amide bonds. The Kier molecular flexibility index (Phi) is 6.32. The van der Waals surface area contributed by atoms with Crippen molar-refractivity contribution in [3.8, 4) is 5.75 Å². The Morgan fingerprint density at radius 1 is 1.41 bits per heavy atom. The highest BCUT2D eigenvalue weighted by Crippen LogP contribution is 2.33. The number of nitrogens with one attached hydrogen (secondary N) is 1. The molecule has 0 saturated heterocycles. The molecule has 1 aromatic heterocycles. The summed E-state index contributed by atoms with van der Waals surface area (Å²) in [5.41, 5.74) is 1.39. The second kappa shape index (κ2) is 8.66. The first kappa shape index (κ1) is 19.7. The van der Waals surface area contributed by atoms with E-state index < -0.39 is 32.9 Å². The number of carbonyl (C=O) groups is 1. The molecule has 0 aliphatic rings. The van der Waals surface area contributed by atoms with Gasteiger partial charge in [-0.15, -0.1) is 11.3 Å². The van der Waals surface area contributed by atoms with Gasteiger partial charge >= 0.3 is 11.7 Å². The van der Waals surface area contributed by atoms with E-state index in [4.69, 9.17) is 4.74 Å². The van der Waals surface area contributed by atoms with Crippen LogP contribution in [0.5, 0.6) is 5.75 Å². The number of hydrogen-bond acceptors (Lipinski definition) is 11. The molecule has 0 aliphatic carbocycles. The SMILES string of the molecule is CCOC(=O)Cc1csc(NN=Cc2cc([N+](=O)[O-])cc([N+](=O)[O-])c2O)n1. The molecule has 0 spiro atoms. The van der Waals surface area contributed by atoms with Crippen molar-refractivity contribution in [2.45, 2.75) is 13.3 Å². The summed E-state index contributed by atoms with van der Waals surface area (Å²) in [7, 11) is 0. The highest BCUT2D eigenvalue weighted by molar-refractivity contribution is 7.13. The Morgan fingerprint density at radius 3 is 2.78 bits per heavy atom. The fraction of sp³-hybridized carbons (Fsp3) is 0.214. The van der Waals surface area contributed by atoms with Gasteiger partial charge in [0.2, 0.25) is 10.9 Å². The van der Waals surface area contributed by atoms with Crippen molar-refractivity contribution in [3.05, 3.63) is 49.0 Å². The van der Waals surface area contributed by atoms with E-state index in [1.807, 2.05) is 0 Å². The second-order valence-electron chi connectivity index (χ2n) is 4.91. The number of carbonyl (C=O) groups excluding carboxylic acids is 1. The summed E-state index contributed by atoms with van der Waals surface area (Å²) in [5, 5.41) is 37.3. The Balaban J connectivity index is 2.14. The Hall–Kier alpha value is -3.61. The van der Waals surface area contributed by atoms with Crippen LogP contribution in [-0.4, -0.2) is 38.7 Å². The first-order valence-corrected chi connectivity index (χ1v) is 8.24. The third-order valence-electron chi connectivity index (χ3n) is 3.06. The summed E-state index contributed by atoms with van der Waals surface area (Å²) in [4.78, 5) is 35.5.